The normalized spacial score (nSPS) is 14.6. The minimum atomic E-state index is -0.427. The first-order chi connectivity index (χ1) is 16.3. The fourth-order valence-corrected chi connectivity index (χ4v) is 4.29. The molecule has 0 atom stereocenters. The molecule has 5 rings (SSSR count). The number of carbonyl (C=O) groups is 1. The summed E-state index contributed by atoms with van der Waals surface area (Å²) >= 11 is 6.19. The molecule has 1 amide bonds. The van der Waals surface area contributed by atoms with Gasteiger partial charge in [0.25, 0.3) is 5.91 Å². The largest absolute Gasteiger partial charge is 0.506 e. The van der Waals surface area contributed by atoms with Crippen molar-refractivity contribution in [3.63, 3.8) is 0 Å². The summed E-state index contributed by atoms with van der Waals surface area (Å²) in [5.41, 5.74) is 8.79. The van der Waals surface area contributed by atoms with Crippen molar-refractivity contribution in [2.24, 2.45) is 0 Å². The van der Waals surface area contributed by atoms with Crippen LogP contribution in [0, 0.1) is 5.82 Å². The van der Waals surface area contributed by atoms with Crippen molar-refractivity contribution in [2.45, 2.75) is 0 Å². The van der Waals surface area contributed by atoms with E-state index in [-0.39, 0.29) is 28.2 Å². The van der Waals surface area contributed by atoms with Crippen molar-refractivity contribution in [2.75, 3.05) is 39.0 Å². The smallest absolute Gasteiger partial charge is 0.274 e. The molecule has 0 spiro atoms. The number of hydrogen-bond donors (Lipinski definition) is 2. The number of carbonyl (C=O) groups excluding carboxylic acids is 1. The molecule has 2 aromatic heterocycles. The van der Waals surface area contributed by atoms with Gasteiger partial charge in [-0.3, -0.25) is 9.20 Å². The maximum absolute atomic E-state index is 14.1. The van der Waals surface area contributed by atoms with E-state index in [0.29, 0.717) is 41.3 Å². The number of phenolic OH excluding ortho intramolecular Hbond substituents is 1. The molecular weight excluding hydrogens is 459 g/mol. The van der Waals surface area contributed by atoms with Crippen LogP contribution in [0.5, 0.6) is 5.75 Å². The average molecular weight is 481 g/mol. The number of hydrogen-bond acceptors (Lipinski definition) is 6. The zero-order valence-corrected chi connectivity index (χ0v) is 19.1. The SMILES string of the molecule is CN1CCN(C(=O)c2cn3c(-c4ccc(O)c(Cl)c4)c(-c4cccc(F)c4)nc(N)c3n2)CC1. The molecule has 4 aromatic rings. The Morgan fingerprint density at radius 1 is 1.09 bits per heavy atom. The summed E-state index contributed by atoms with van der Waals surface area (Å²) in [6.45, 7) is 2.77. The van der Waals surface area contributed by atoms with Crippen LogP contribution in [-0.2, 0) is 0 Å². The number of nitrogen functional groups attached to an aromatic ring is 1. The summed E-state index contributed by atoms with van der Waals surface area (Å²) in [5.74, 6) is -0.596. The number of nitrogens with zero attached hydrogens (tertiary/aromatic N) is 5. The van der Waals surface area contributed by atoms with Crippen molar-refractivity contribution in [3.8, 4) is 28.3 Å². The minimum absolute atomic E-state index is 0.0751. The summed E-state index contributed by atoms with van der Waals surface area (Å²) in [6.07, 6.45) is 1.62. The van der Waals surface area contributed by atoms with Crippen LogP contribution < -0.4 is 5.73 Å². The molecule has 10 heteroatoms. The van der Waals surface area contributed by atoms with Gasteiger partial charge in [-0.1, -0.05) is 23.7 Å². The lowest BCUT2D eigenvalue weighted by Crippen LogP contribution is -2.47. The van der Waals surface area contributed by atoms with E-state index in [4.69, 9.17) is 17.3 Å². The number of nitrogens with two attached hydrogens (primary N) is 1. The molecule has 174 valence electrons. The number of anilines is 1. The van der Waals surface area contributed by atoms with Crippen LogP contribution in [0.4, 0.5) is 10.2 Å². The lowest BCUT2D eigenvalue weighted by molar-refractivity contribution is 0.0659. The number of imidazole rings is 1. The Morgan fingerprint density at radius 3 is 2.56 bits per heavy atom. The second-order valence-electron chi connectivity index (χ2n) is 8.29. The van der Waals surface area contributed by atoms with E-state index in [1.54, 1.807) is 39.8 Å². The van der Waals surface area contributed by atoms with Crippen LogP contribution >= 0.6 is 11.6 Å². The van der Waals surface area contributed by atoms with Gasteiger partial charge in [-0.2, -0.15) is 0 Å². The van der Waals surface area contributed by atoms with E-state index in [1.807, 2.05) is 7.05 Å². The number of amides is 1. The molecule has 0 aliphatic carbocycles. The average Bonchev–Trinajstić information content (AvgIpc) is 3.27. The predicted octanol–water partition coefficient (Wildman–Crippen LogP) is 3.53. The van der Waals surface area contributed by atoms with Crippen LogP contribution in [-0.4, -0.2) is 68.4 Å². The number of rotatable bonds is 3. The van der Waals surface area contributed by atoms with Gasteiger partial charge in [0, 0.05) is 43.5 Å². The Labute approximate surface area is 200 Å². The third-order valence-electron chi connectivity index (χ3n) is 5.96. The van der Waals surface area contributed by atoms with Crippen molar-refractivity contribution < 1.29 is 14.3 Å². The van der Waals surface area contributed by atoms with Crippen LogP contribution in [0.15, 0.2) is 48.7 Å². The highest BCUT2D eigenvalue weighted by molar-refractivity contribution is 6.32. The summed E-state index contributed by atoms with van der Waals surface area (Å²) in [4.78, 5) is 26.1. The van der Waals surface area contributed by atoms with E-state index in [1.165, 1.54) is 18.2 Å². The molecule has 3 heterocycles. The fourth-order valence-electron chi connectivity index (χ4n) is 4.11. The molecule has 0 radical (unpaired) electrons. The molecule has 8 nitrogen and oxygen atoms in total. The summed E-state index contributed by atoms with van der Waals surface area (Å²) < 4.78 is 15.8. The molecule has 1 fully saturated rings. The first kappa shape index (κ1) is 22.1. The van der Waals surface area contributed by atoms with Gasteiger partial charge in [0.2, 0.25) is 0 Å². The quantitative estimate of drug-likeness (QED) is 0.465. The van der Waals surface area contributed by atoms with Gasteiger partial charge in [0.1, 0.15) is 17.3 Å². The number of halogens is 2. The van der Waals surface area contributed by atoms with Gasteiger partial charge < -0.3 is 20.6 Å². The second kappa shape index (κ2) is 8.58. The Bertz CT molecular complexity index is 1410. The third kappa shape index (κ3) is 3.93. The summed E-state index contributed by atoms with van der Waals surface area (Å²) in [5, 5.41) is 10.1. The maximum Gasteiger partial charge on any atom is 0.274 e. The van der Waals surface area contributed by atoms with Crippen LogP contribution in [0.1, 0.15) is 10.5 Å². The Morgan fingerprint density at radius 2 is 1.85 bits per heavy atom. The van der Waals surface area contributed by atoms with Crippen LogP contribution in [0.3, 0.4) is 0 Å². The topological polar surface area (TPSA) is 100.0 Å². The van der Waals surface area contributed by atoms with Gasteiger partial charge >= 0.3 is 0 Å². The number of phenols is 1. The lowest BCUT2D eigenvalue weighted by Gasteiger charge is -2.31. The number of aromatic hydroxyl groups is 1. The molecule has 1 aliphatic heterocycles. The number of fused-ring (bicyclic) bond motifs is 1. The van der Waals surface area contributed by atoms with E-state index in [9.17, 15) is 14.3 Å². The lowest BCUT2D eigenvalue weighted by atomic mass is 10.0. The minimum Gasteiger partial charge on any atom is -0.506 e. The van der Waals surface area contributed by atoms with Gasteiger partial charge in [-0.25, -0.2) is 14.4 Å². The van der Waals surface area contributed by atoms with E-state index >= 15 is 0 Å². The predicted molar refractivity (Wildman–Crippen MR) is 128 cm³/mol. The Kier molecular flexibility index (Phi) is 5.59. The molecular formula is C24H22ClFN6O2. The summed E-state index contributed by atoms with van der Waals surface area (Å²) in [6, 6.07) is 10.7. The highest BCUT2D eigenvalue weighted by Crippen LogP contribution is 2.36. The van der Waals surface area contributed by atoms with Gasteiger partial charge in [0.15, 0.2) is 11.5 Å². The fraction of sp³-hybridized carbons (Fsp3) is 0.208. The van der Waals surface area contributed by atoms with Crippen molar-refractivity contribution in [3.05, 3.63) is 65.2 Å². The number of piperazine rings is 1. The molecule has 0 unspecified atom stereocenters. The molecule has 1 aliphatic rings. The number of likely N-dealkylation sites (N-methyl/N-ethyl adjacent to an activating group) is 1. The van der Waals surface area contributed by atoms with Gasteiger partial charge in [0.05, 0.1) is 16.4 Å². The van der Waals surface area contributed by atoms with E-state index in [0.717, 1.165) is 13.1 Å². The zero-order chi connectivity index (χ0) is 24.0. The highest BCUT2D eigenvalue weighted by atomic mass is 35.5. The first-order valence-electron chi connectivity index (χ1n) is 10.7. The molecule has 3 N–H and O–H groups in total. The van der Waals surface area contributed by atoms with Crippen LogP contribution in [0.2, 0.25) is 5.02 Å². The monoisotopic (exact) mass is 480 g/mol. The number of aromatic nitrogens is 3. The van der Waals surface area contributed by atoms with Crippen molar-refractivity contribution >= 4 is 29.0 Å². The van der Waals surface area contributed by atoms with Crippen LogP contribution in [0.25, 0.3) is 28.2 Å². The van der Waals surface area contributed by atoms with Gasteiger partial charge in [-0.05, 0) is 37.4 Å². The maximum atomic E-state index is 14.1. The van der Waals surface area contributed by atoms with Crippen molar-refractivity contribution in [1.82, 2.24) is 24.2 Å². The highest BCUT2D eigenvalue weighted by Gasteiger charge is 2.25. The number of benzene rings is 2. The molecule has 34 heavy (non-hydrogen) atoms. The molecule has 0 bridgehead atoms. The molecule has 2 aromatic carbocycles. The summed E-state index contributed by atoms with van der Waals surface area (Å²) in [7, 11) is 2.02. The molecule has 1 saturated heterocycles. The third-order valence-corrected chi connectivity index (χ3v) is 6.26. The Hall–Kier alpha value is -3.69. The first-order valence-corrected chi connectivity index (χ1v) is 11.1. The molecule has 0 saturated carbocycles. The second-order valence-corrected chi connectivity index (χ2v) is 8.69. The van der Waals surface area contributed by atoms with E-state index in [2.05, 4.69) is 14.9 Å². The zero-order valence-electron chi connectivity index (χ0n) is 18.4. The Balaban J connectivity index is 1.72. The van der Waals surface area contributed by atoms with E-state index < -0.39 is 5.82 Å². The van der Waals surface area contributed by atoms with Gasteiger partial charge in [-0.15, -0.1) is 0 Å². The van der Waals surface area contributed by atoms with Crippen molar-refractivity contribution in [1.29, 1.82) is 0 Å². The standard InChI is InChI=1S/C24H22ClFN6O2/c1-30-7-9-31(10-8-30)24(34)18-13-32-21(15-5-6-19(33)17(25)12-15)20(29-22(27)23(32)28-18)14-3-2-4-16(26)11-14/h2-6,11-13,33H,7-10H2,1H3,(H2,27,29).